The van der Waals surface area contributed by atoms with E-state index in [9.17, 15) is 0 Å². The fraction of sp³-hybridized carbons (Fsp3) is 0.278. The first kappa shape index (κ1) is 14.3. The maximum atomic E-state index is 4.25. The highest BCUT2D eigenvalue weighted by molar-refractivity contribution is 5.79. The van der Waals surface area contributed by atoms with Crippen LogP contribution in [0.5, 0.6) is 0 Å². The zero-order valence-electron chi connectivity index (χ0n) is 12.4. The SMILES string of the molecule is CC(C)(C)c1ccc(C=NNCc2ccccc2)cc1. The standard InChI is InChI=1S/C18H22N2/c1-18(2,3)17-11-9-16(10-12-17)14-20-19-13-15-7-5-4-6-8-15/h4-12,14,19H,13H2,1-3H3. The van der Waals surface area contributed by atoms with Crippen molar-refractivity contribution in [2.24, 2.45) is 5.10 Å². The first-order valence-electron chi connectivity index (χ1n) is 6.96. The second kappa shape index (κ2) is 6.38. The molecule has 0 bridgehead atoms. The van der Waals surface area contributed by atoms with Gasteiger partial charge in [0.25, 0.3) is 0 Å². The molecule has 0 atom stereocenters. The monoisotopic (exact) mass is 266 g/mol. The molecule has 2 aromatic rings. The van der Waals surface area contributed by atoms with Crippen LogP contribution < -0.4 is 5.43 Å². The van der Waals surface area contributed by atoms with Crippen molar-refractivity contribution in [2.45, 2.75) is 32.7 Å². The zero-order chi connectivity index (χ0) is 14.4. The molecular formula is C18H22N2. The van der Waals surface area contributed by atoms with Gasteiger partial charge in [-0.3, -0.25) is 0 Å². The van der Waals surface area contributed by atoms with Gasteiger partial charge in [-0.1, -0.05) is 75.4 Å². The molecule has 20 heavy (non-hydrogen) atoms. The van der Waals surface area contributed by atoms with E-state index in [1.807, 2.05) is 24.4 Å². The number of benzene rings is 2. The van der Waals surface area contributed by atoms with Gasteiger partial charge in [0, 0.05) is 0 Å². The van der Waals surface area contributed by atoms with E-state index in [0.29, 0.717) is 0 Å². The Bertz CT molecular complexity index is 548. The number of hydrazone groups is 1. The van der Waals surface area contributed by atoms with Crippen molar-refractivity contribution in [3.8, 4) is 0 Å². The molecule has 0 unspecified atom stereocenters. The summed E-state index contributed by atoms with van der Waals surface area (Å²) in [6.07, 6.45) is 1.86. The van der Waals surface area contributed by atoms with Crippen LogP contribution in [0, 0.1) is 0 Å². The molecule has 0 aliphatic heterocycles. The Kier molecular flexibility index (Phi) is 4.57. The zero-order valence-corrected chi connectivity index (χ0v) is 12.4. The Labute approximate surface area is 121 Å². The predicted octanol–water partition coefficient (Wildman–Crippen LogP) is 4.11. The van der Waals surface area contributed by atoms with Crippen molar-refractivity contribution < 1.29 is 0 Å². The fourth-order valence-corrected chi connectivity index (χ4v) is 1.92. The van der Waals surface area contributed by atoms with Crippen LogP contribution in [0.3, 0.4) is 0 Å². The Morgan fingerprint density at radius 1 is 0.950 bits per heavy atom. The summed E-state index contributed by atoms with van der Waals surface area (Å²) < 4.78 is 0. The molecule has 0 aliphatic carbocycles. The predicted molar refractivity (Wildman–Crippen MR) is 86.0 cm³/mol. The topological polar surface area (TPSA) is 24.4 Å². The molecule has 104 valence electrons. The average molecular weight is 266 g/mol. The minimum absolute atomic E-state index is 0.196. The van der Waals surface area contributed by atoms with E-state index in [-0.39, 0.29) is 5.41 Å². The smallest absolute Gasteiger partial charge is 0.0580 e. The third kappa shape index (κ3) is 4.23. The van der Waals surface area contributed by atoms with Crippen LogP contribution in [-0.2, 0) is 12.0 Å². The number of nitrogens with zero attached hydrogens (tertiary/aromatic N) is 1. The molecule has 2 heteroatoms. The van der Waals surface area contributed by atoms with E-state index in [2.05, 4.69) is 67.7 Å². The molecule has 0 saturated heterocycles. The molecule has 0 aliphatic rings. The lowest BCUT2D eigenvalue weighted by Crippen LogP contribution is -2.10. The van der Waals surface area contributed by atoms with Gasteiger partial charge in [0.2, 0.25) is 0 Å². The Morgan fingerprint density at radius 2 is 1.60 bits per heavy atom. The Balaban J connectivity index is 1.89. The van der Waals surface area contributed by atoms with Crippen molar-refractivity contribution in [2.75, 3.05) is 0 Å². The van der Waals surface area contributed by atoms with Crippen molar-refractivity contribution >= 4 is 6.21 Å². The van der Waals surface area contributed by atoms with Crippen molar-refractivity contribution in [3.05, 3.63) is 71.3 Å². The van der Waals surface area contributed by atoms with Gasteiger partial charge in [0.15, 0.2) is 0 Å². The van der Waals surface area contributed by atoms with Crippen molar-refractivity contribution in [1.29, 1.82) is 0 Å². The molecular weight excluding hydrogens is 244 g/mol. The maximum Gasteiger partial charge on any atom is 0.0580 e. The molecule has 0 heterocycles. The second-order valence-corrected chi connectivity index (χ2v) is 5.95. The van der Waals surface area contributed by atoms with E-state index in [1.54, 1.807) is 0 Å². The maximum absolute atomic E-state index is 4.25. The summed E-state index contributed by atoms with van der Waals surface area (Å²) in [6.45, 7) is 7.41. The first-order chi connectivity index (χ1) is 9.55. The summed E-state index contributed by atoms with van der Waals surface area (Å²) in [4.78, 5) is 0. The van der Waals surface area contributed by atoms with Gasteiger partial charge in [-0.15, -0.1) is 0 Å². The highest BCUT2D eigenvalue weighted by atomic mass is 15.3. The summed E-state index contributed by atoms with van der Waals surface area (Å²) in [5.41, 5.74) is 6.94. The highest BCUT2D eigenvalue weighted by Gasteiger charge is 2.12. The van der Waals surface area contributed by atoms with E-state index in [1.165, 1.54) is 11.1 Å². The molecule has 0 saturated carbocycles. The number of rotatable bonds is 4. The van der Waals surface area contributed by atoms with E-state index in [4.69, 9.17) is 0 Å². The molecule has 2 rings (SSSR count). The lowest BCUT2D eigenvalue weighted by atomic mass is 9.87. The van der Waals surface area contributed by atoms with Crippen molar-refractivity contribution in [3.63, 3.8) is 0 Å². The van der Waals surface area contributed by atoms with Crippen LogP contribution >= 0.6 is 0 Å². The fourth-order valence-electron chi connectivity index (χ4n) is 1.92. The van der Waals surface area contributed by atoms with Crippen molar-refractivity contribution in [1.82, 2.24) is 5.43 Å². The minimum atomic E-state index is 0.196. The molecule has 0 aromatic heterocycles. The average Bonchev–Trinajstić information content (AvgIpc) is 2.44. The summed E-state index contributed by atoms with van der Waals surface area (Å²) in [5.74, 6) is 0. The van der Waals surface area contributed by atoms with E-state index < -0.39 is 0 Å². The lowest BCUT2D eigenvalue weighted by molar-refractivity contribution is 0.590. The quantitative estimate of drug-likeness (QED) is 0.653. The van der Waals surface area contributed by atoms with Gasteiger partial charge >= 0.3 is 0 Å². The summed E-state index contributed by atoms with van der Waals surface area (Å²) in [5, 5.41) is 4.25. The van der Waals surface area contributed by atoms with E-state index in [0.717, 1.165) is 12.1 Å². The van der Waals surface area contributed by atoms with Gasteiger partial charge in [0.1, 0.15) is 0 Å². The number of hydrogen-bond acceptors (Lipinski definition) is 2. The van der Waals surface area contributed by atoms with Crippen LogP contribution in [0.15, 0.2) is 59.7 Å². The molecule has 0 spiro atoms. The van der Waals surface area contributed by atoms with Gasteiger partial charge in [-0.2, -0.15) is 5.10 Å². The van der Waals surface area contributed by atoms with Crippen LogP contribution in [0.4, 0.5) is 0 Å². The highest BCUT2D eigenvalue weighted by Crippen LogP contribution is 2.21. The Hall–Kier alpha value is -2.09. The van der Waals surface area contributed by atoms with Gasteiger partial charge < -0.3 is 5.43 Å². The largest absolute Gasteiger partial charge is 0.306 e. The van der Waals surface area contributed by atoms with E-state index >= 15 is 0 Å². The van der Waals surface area contributed by atoms with Crippen LogP contribution in [0.1, 0.15) is 37.5 Å². The Morgan fingerprint density at radius 3 is 2.20 bits per heavy atom. The summed E-state index contributed by atoms with van der Waals surface area (Å²) in [6, 6.07) is 18.8. The van der Waals surface area contributed by atoms with Gasteiger partial charge in [-0.05, 0) is 22.1 Å². The molecule has 1 N–H and O–H groups in total. The first-order valence-corrected chi connectivity index (χ1v) is 6.96. The van der Waals surface area contributed by atoms with Gasteiger partial charge in [0.05, 0.1) is 12.8 Å². The van der Waals surface area contributed by atoms with Crippen LogP contribution in [0.25, 0.3) is 0 Å². The molecule has 2 nitrogen and oxygen atoms in total. The molecule has 2 aromatic carbocycles. The molecule has 0 radical (unpaired) electrons. The third-order valence-corrected chi connectivity index (χ3v) is 3.21. The lowest BCUT2D eigenvalue weighted by Gasteiger charge is -2.18. The van der Waals surface area contributed by atoms with Gasteiger partial charge in [-0.25, -0.2) is 0 Å². The summed E-state index contributed by atoms with van der Waals surface area (Å²) in [7, 11) is 0. The second-order valence-electron chi connectivity index (χ2n) is 5.95. The number of hydrogen-bond donors (Lipinski definition) is 1. The van der Waals surface area contributed by atoms with Crippen LogP contribution in [-0.4, -0.2) is 6.21 Å². The van der Waals surface area contributed by atoms with Crippen LogP contribution in [0.2, 0.25) is 0 Å². The minimum Gasteiger partial charge on any atom is -0.306 e. The molecule has 0 fully saturated rings. The summed E-state index contributed by atoms with van der Waals surface area (Å²) >= 11 is 0. The molecule has 0 amide bonds. The third-order valence-electron chi connectivity index (χ3n) is 3.21. The normalized spacial score (nSPS) is 11.8. The number of nitrogens with one attached hydrogen (secondary N) is 1.